The lowest BCUT2D eigenvalue weighted by atomic mass is 9.94. The number of rotatable bonds is 3. The molecule has 0 aliphatic heterocycles. The standard InChI is InChI=1S/C19H15ClFNO2/c1-11(2)16-14-5-3-4-6-15(14)19(24)22(17(16)18(20)23)13-9-7-12(21)8-10-13/h3-11H,1-2H3. The van der Waals surface area contributed by atoms with Crippen LogP contribution in [0, 0.1) is 5.82 Å². The van der Waals surface area contributed by atoms with Crippen LogP contribution in [0.25, 0.3) is 16.5 Å². The van der Waals surface area contributed by atoms with Crippen LogP contribution < -0.4 is 5.56 Å². The summed E-state index contributed by atoms with van der Waals surface area (Å²) in [6, 6.07) is 12.5. The Hall–Kier alpha value is -2.46. The Morgan fingerprint density at radius 2 is 1.62 bits per heavy atom. The molecule has 0 fully saturated rings. The van der Waals surface area contributed by atoms with E-state index in [9.17, 15) is 14.0 Å². The molecule has 2 aromatic carbocycles. The average molecular weight is 344 g/mol. The Labute approximate surface area is 143 Å². The van der Waals surface area contributed by atoms with E-state index in [-0.39, 0.29) is 17.2 Å². The second-order valence-electron chi connectivity index (χ2n) is 5.85. The monoisotopic (exact) mass is 343 g/mol. The van der Waals surface area contributed by atoms with Crippen LogP contribution in [0.1, 0.15) is 35.8 Å². The van der Waals surface area contributed by atoms with Crippen molar-refractivity contribution in [2.75, 3.05) is 0 Å². The summed E-state index contributed by atoms with van der Waals surface area (Å²) in [5, 5.41) is 0.484. The number of hydrogen-bond donors (Lipinski definition) is 0. The molecule has 0 amide bonds. The number of hydrogen-bond acceptors (Lipinski definition) is 2. The van der Waals surface area contributed by atoms with Gasteiger partial charge in [-0.25, -0.2) is 4.39 Å². The summed E-state index contributed by atoms with van der Waals surface area (Å²) in [7, 11) is 0. The third-order valence-corrected chi connectivity index (χ3v) is 4.16. The number of carbonyl (C=O) groups is 1. The fraction of sp³-hybridized carbons (Fsp3) is 0.158. The molecule has 0 spiro atoms. The van der Waals surface area contributed by atoms with E-state index in [1.807, 2.05) is 26.0 Å². The van der Waals surface area contributed by atoms with Crippen LogP contribution in [0.15, 0.2) is 53.3 Å². The van der Waals surface area contributed by atoms with Gasteiger partial charge in [0.2, 0.25) is 0 Å². The summed E-state index contributed by atoms with van der Waals surface area (Å²) >= 11 is 5.84. The summed E-state index contributed by atoms with van der Waals surface area (Å²) < 4.78 is 14.5. The minimum atomic E-state index is -0.717. The molecular weight excluding hydrogens is 329 g/mol. The van der Waals surface area contributed by atoms with Crippen molar-refractivity contribution < 1.29 is 9.18 Å². The van der Waals surface area contributed by atoms with Crippen LogP contribution in [0.4, 0.5) is 4.39 Å². The highest BCUT2D eigenvalue weighted by molar-refractivity contribution is 6.67. The topological polar surface area (TPSA) is 39.1 Å². The minimum Gasteiger partial charge on any atom is -0.274 e. The molecule has 24 heavy (non-hydrogen) atoms. The first kappa shape index (κ1) is 16.4. The summed E-state index contributed by atoms with van der Waals surface area (Å²) in [5.41, 5.74) is 0.875. The maximum atomic E-state index is 13.2. The van der Waals surface area contributed by atoms with Crippen LogP contribution in [0.2, 0.25) is 0 Å². The van der Waals surface area contributed by atoms with Crippen molar-refractivity contribution in [1.29, 1.82) is 0 Å². The van der Waals surface area contributed by atoms with Gasteiger partial charge >= 0.3 is 0 Å². The molecule has 0 saturated carbocycles. The number of carbonyl (C=O) groups excluding carboxylic acids is 1. The highest BCUT2D eigenvalue weighted by Crippen LogP contribution is 2.29. The summed E-state index contributed by atoms with van der Waals surface area (Å²) in [6.07, 6.45) is 0. The Morgan fingerprint density at radius 3 is 2.17 bits per heavy atom. The third-order valence-electron chi connectivity index (χ3n) is 3.98. The minimum absolute atomic E-state index is 0.0279. The fourth-order valence-electron chi connectivity index (χ4n) is 2.99. The van der Waals surface area contributed by atoms with Gasteiger partial charge in [-0.2, -0.15) is 0 Å². The molecule has 3 aromatic rings. The second kappa shape index (κ2) is 6.21. The normalized spacial score (nSPS) is 11.2. The maximum absolute atomic E-state index is 13.2. The summed E-state index contributed by atoms with van der Waals surface area (Å²) in [6.45, 7) is 3.87. The first-order valence-electron chi connectivity index (χ1n) is 7.55. The van der Waals surface area contributed by atoms with Gasteiger partial charge in [-0.3, -0.25) is 14.2 Å². The molecule has 0 N–H and O–H groups in total. The van der Waals surface area contributed by atoms with E-state index in [1.165, 1.54) is 28.8 Å². The van der Waals surface area contributed by atoms with Crippen molar-refractivity contribution in [3.8, 4) is 5.69 Å². The van der Waals surface area contributed by atoms with Gasteiger partial charge in [0.1, 0.15) is 11.5 Å². The maximum Gasteiger partial charge on any atom is 0.269 e. The van der Waals surface area contributed by atoms with Crippen molar-refractivity contribution in [2.45, 2.75) is 19.8 Å². The van der Waals surface area contributed by atoms with E-state index >= 15 is 0 Å². The molecule has 3 rings (SSSR count). The molecule has 0 radical (unpaired) electrons. The van der Waals surface area contributed by atoms with Crippen molar-refractivity contribution in [3.63, 3.8) is 0 Å². The van der Waals surface area contributed by atoms with Crippen molar-refractivity contribution in [1.82, 2.24) is 4.57 Å². The number of nitrogens with zero attached hydrogens (tertiary/aromatic N) is 1. The van der Waals surface area contributed by atoms with Crippen molar-refractivity contribution in [3.05, 3.63) is 76.0 Å². The van der Waals surface area contributed by atoms with E-state index < -0.39 is 11.1 Å². The summed E-state index contributed by atoms with van der Waals surface area (Å²) in [4.78, 5) is 25.1. The zero-order chi connectivity index (χ0) is 17.4. The smallest absolute Gasteiger partial charge is 0.269 e. The van der Waals surface area contributed by atoms with E-state index in [1.54, 1.807) is 12.1 Å². The van der Waals surface area contributed by atoms with E-state index in [0.29, 0.717) is 22.0 Å². The molecule has 122 valence electrons. The number of fused-ring (bicyclic) bond motifs is 1. The van der Waals surface area contributed by atoms with Crippen LogP contribution in [-0.2, 0) is 0 Å². The van der Waals surface area contributed by atoms with Gasteiger partial charge in [0, 0.05) is 11.1 Å². The van der Waals surface area contributed by atoms with Crippen LogP contribution in [0.3, 0.4) is 0 Å². The van der Waals surface area contributed by atoms with E-state index in [2.05, 4.69) is 0 Å². The van der Waals surface area contributed by atoms with Crippen LogP contribution >= 0.6 is 11.6 Å². The average Bonchev–Trinajstić information content (AvgIpc) is 2.55. The predicted octanol–water partition coefficient (Wildman–Crippen LogP) is 4.63. The molecule has 0 aliphatic rings. The lowest BCUT2D eigenvalue weighted by Crippen LogP contribution is -2.26. The van der Waals surface area contributed by atoms with Gasteiger partial charge in [-0.1, -0.05) is 32.0 Å². The number of benzene rings is 2. The summed E-state index contributed by atoms with van der Waals surface area (Å²) in [5.74, 6) is -0.449. The zero-order valence-corrected chi connectivity index (χ0v) is 14.0. The molecule has 0 aliphatic carbocycles. The highest BCUT2D eigenvalue weighted by Gasteiger charge is 2.23. The SMILES string of the molecule is CC(C)c1c(C(=O)Cl)n(-c2ccc(F)cc2)c(=O)c2ccccc12. The van der Waals surface area contributed by atoms with Gasteiger partial charge in [-0.05, 0) is 58.8 Å². The van der Waals surface area contributed by atoms with E-state index in [0.717, 1.165) is 0 Å². The lowest BCUT2D eigenvalue weighted by Gasteiger charge is -2.19. The Morgan fingerprint density at radius 1 is 1.04 bits per heavy atom. The molecule has 3 nitrogen and oxygen atoms in total. The number of halogens is 2. The lowest BCUT2D eigenvalue weighted by molar-refractivity contribution is 0.107. The van der Waals surface area contributed by atoms with Crippen LogP contribution in [0.5, 0.6) is 0 Å². The Bertz CT molecular complexity index is 991. The molecule has 0 unspecified atom stereocenters. The Balaban J connectivity index is 2.54. The predicted molar refractivity (Wildman–Crippen MR) is 93.8 cm³/mol. The Kier molecular flexibility index (Phi) is 4.24. The molecule has 5 heteroatoms. The quantitative estimate of drug-likeness (QED) is 0.650. The van der Waals surface area contributed by atoms with Gasteiger partial charge < -0.3 is 0 Å². The molecule has 1 aromatic heterocycles. The first-order chi connectivity index (χ1) is 11.4. The van der Waals surface area contributed by atoms with Crippen LogP contribution in [-0.4, -0.2) is 9.81 Å². The van der Waals surface area contributed by atoms with E-state index in [4.69, 9.17) is 11.6 Å². The zero-order valence-electron chi connectivity index (χ0n) is 13.2. The molecule has 0 bridgehead atoms. The molecule has 1 heterocycles. The molecular formula is C19H15ClFNO2. The largest absolute Gasteiger partial charge is 0.274 e. The first-order valence-corrected chi connectivity index (χ1v) is 7.93. The van der Waals surface area contributed by atoms with Gasteiger partial charge in [0.05, 0.1) is 0 Å². The number of pyridine rings is 1. The molecule has 0 saturated heterocycles. The third kappa shape index (κ3) is 2.63. The van der Waals surface area contributed by atoms with Gasteiger partial charge in [0.25, 0.3) is 10.8 Å². The second-order valence-corrected chi connectivity index (χ2v) is 6.20. The van der Waals surface area contributed by atoms with Crippen molar-refractivity contribution in [2.24, 2.45) is 0 Å². The number of aromatic nitrogens is 1. The highest BCUT2D eigenvalue weighted by atomic mass is 35.5. The fourth-order valence-corrected chi connectivity index (χ4v) is 3.18. The van der Waals surface area contributed by atoms with Gasteiger partial charge in [0.15, 0.2) is 0 Å². The molecule has 0 atom stereocenters. The van der Waals surface area contributed by atoms with Gasteiger partial charge in [-0.15, -0.1) is 0 Å². The van der Waals surface area contributed by atoms with Crippen molar-refractivity contribution >= 4 is 27.6 Å².